The van der Waals surface area contributed by atoms with Gasteiger partial charge in [0.1, 0.15) is 6.10 Å². The van der Waals surface area contributed by atoms with E-state index in [1.165, 1.54) is 0 Å². The first-order chi connectivity index (χ1) is 18.6. The summed E-state index contributed by atoms with van der Waals surface area (Å²) in [5, 5.41) is 1.67. The third kappa shape index (κ3) is 9.22. The van der Waals surface area contributed by atoms with Crippen LogP contribution in [0.5, 0.6) is 0 Å². The average molecular weight is 556 g/mol. The van der Waals surface area contributed by atoms with E-state index in [9.17, 15) is 13.2 Å². The van der Waals surface area contributed by atoms with Crippen LogP contribution in [0.25, 0.3) is 15.6 Å². The molecule has 1 saturated carbocycles. The number of rotatable bonds is 15. The number of nitrogens with one attached hydrogen (secondary N) is 1. The SMILES string of the molecule is [C-]#[N+]C1(C)CCC(OC(=O)CCCCCCCCCCNS(=O)(=O)c2cccc3c(N(C)C)cccc23)CC1. The number of carbonyl (C=O) groups is 1. The maximum absolute atomic E-state index is 13.0. The molecule has 0 atom stereocenters. The van der Waals surface area contributed by atoms with Gasteiger partial charge in [0.2, 0.25) is 15.6 Å². The summed E-state index contributed by atoms with van der Waals surface area (Å²) in [5.74, 6) is -0.101. The van der Waals surface area contributed by atoms with Crippen LogP contribution in [0.15, 0.2) is 41.3 Å². The van der Waals surface area contributed by atoms with Crippen molar-refractivity contribution >= 4 is 32.5 Å². The van der Waals surface area contributed by atoms with E-state index in [0.717, 1.165) is 93.5 Å². The minimum atomic E-state index is -3.58. The number of ether oxygens (including phenoxy) is 1. The molecule has 0 saturated heterocycles. The van der Waals surface area contributed by atoms with Crippen LogP contribution in [0, 0.1) is 6.57 Å². The van der Waals surface area contributed by atoms with Crippen molar-refractivity contribution in [2.45, 2.75) is 107 Å². The first kappa shape index (κ1) is 30.9. The van der Waals surface area contributed by atoms with Gasteiger partial charge < -0.3 is 14.5 Å². The molecule has 0 spiro atoms. The fourth-order valence-electron chi connectivity index (χ4n) is 5.32. The van der Waals surface area contributed by atoms with Gasteiger partial charge in [-0.15, -0.1) is 0 Å². The average Bonchev–Trinajstić information content (AvgIpc) is 2.92. The Hall–Kier alpha value is -2.63. The number of esters is 1. The first-order valence-corrected chi connectivity index (χ1v) is 15.9. The minimum absolute atomic E-state index is 0.0141. The lowest BCUT2D eigenvalue weighted by Crippen LogP contribution is -2.32. The number of nitrogens with zero attached hydrogens (tertiary/aromatic N) is 2. The molecular formula is C31H45N3O4S. The monoisotopic (exact) mass is 555 g/mol. The van der Waals surface area contributed by atoms with Crippen LogP contribution < -0.4 is 9.62 Å². The van der Waals surface area contributed by atoms with Crippen molar-refractivity contribution in [1.29, 1.82) is 0 Å². The third-order valence-corrected chi connectivity index (χ3v) is 9.33. The minimum Gasteiger partial charge on any atom is -0.462 e. The number of sulfonamides is 1. The number of benzene rings is 2. The topological polar surface area (TPSA) is 80.1 Å². The maximum atomic E-state index is 13.0. The van der Waals surface area contributed by atoms with Crippen molar-refractivity contribution in [1.82, 2.24) is 4.72 Å². The quantitative estimate of drug-likeness (QED) is 0.148. The number of carbonyl (C=O) groups excluding carboxylic acids is 1. The fourth-order valence-corrected chi connectivity index (χ4v) is 6.61. The predicted octanol–water partition coefficient (Wildman–Crippen LogP) is 6.86. The van der Waals surface area contributed by atoms with Crippen LogP contribution in [0.3, 0.4) is 0 Å². The normalized spacial score (nSPS) is 19.5. The highest BCUT2D eigenvalue weighted by molar-refractivity contribution is 7.89. The van der Waals surface area contributed by atoms with Crippen molar-refractivity contribution in [3.8, 4) is 0 Å². The maximum Gasteiger partial charge on any atom is 0.306 e. The summed E-state index contributed by atoms with van der Waals surface area (Å²) < 4.78 is 34.4. The second-order valence-corrected chi connectivity index (χ2v) is 13.0. The number of fused-ring (bicyclic) bond motifs is 1. The number of anilines is 1. The Bertz CT molecular complexity index is 1230. The molecule has 7 nitrogen and oxygen atoms in total. The summed E-state index contributed by atoms with van der Waals surface area (Å²) in [5.41, 5.74) is 0.723. The molecule has 8 heteroatoms. The van der Waals surface area contributed by atoms with Gasteiger partial charge in [-0.3, -0.25) is 4.79 Å². The van der Waals surface area contributed by atoms with Crippen LogP contribution in [-0.4, -0.2) is 46.7 Å². The summed E-state index contributed by atoms with van der Waals surface area (Å²) in [6.07, 6.45) is 11.8. The molecule has 1 aliphatic rings. The van der Waals surface area contributed by atoms with Gasteiger partial charge in [0, 0.05) is 63.3 Å². The van der Waals surface area contributed by atoms with E-state index >= 15 is 0 Å². The number of hydrogen-bond acceptors (Lipinski definition) is 5. The van der Waals surface area contributed by atoms with Gasteiger partial charge in [-0.05, 0) is 37.8 Å². The Kier molecular flexibility index (Phi) is 11.6. The second kappa shape index (κ2) is 14.7. The standard InChI is InChI=1S/C31H45N3O4S/c1-31(32-2)22-20-25(21-23-31)38-30(35)19-11-9-7-5-6-8-10-12-24-33-39(36,37)29-18-14-15-26-27(29)16-13-17-28(26)34(3)4/h13-18,25,33H,5-12,19-24H2,1,3-4H3. The Labute approximate surface area is 235 Å². The van der Waals surface area contributed by atoms with Gasteiger partial charge in [-0.2, -0.15) is 0 Å². The molecule has 2 aromatic carbocycles. The molecule has 0 aromatic heterocycles. The summed E-state index contributed by atoms with van der Waals surface area (Å²) in [7, 11) is 0.333. The van der Waals surface area contributed by atoms with Crippen molar-refractivity contribution < 1.29 is 17.9 Å². The Morgan fingerprint density at radius 3 is 2.21 bits per heavy atom. The van der Waals surface area contributed by atoms with Gasteiger partial charge in [0.15, 0.2) is 0 Å². The van der Waals surface area contributed by atoms with Crippen molar-refractivity contribution in [3.05, 3.63) is 47.8 Å². The van der Waals surface area contributed by atoms with Crippen molar-refractivity contribution in [2.75, 3.05) is 25.5 Å². The molecule has 1 N–H and O–H groups in total. The smallest absolute Gasteiger partial charge is 0.306 e. The molecule has 0 aliphatic heterocycles. The predicted molar refractivity (Wildman–Crippen MR) is 158 cm³/mol. The molecular weight excluding hydrogens is 510 g/mol. The van der Waals surface area contributed by atoms with Crippen LogP contribution in [0.2, 0.25) is 0 Å². The molecule has 0 amide bonds. The van der Waals surface area contributed by atoms with Crippen molar-refractivity contribution in [3.63, 3.8) is 0 Å². The van der Waals surface area contributed by atoms with E-state index in [4.69, 9.17) is 11.3 Å². The molecule has 2 aromatic rings. The molecule has 39 heavy (non-hydrogen) atoms. The van der Waals surface area contributed by atoms with Gasteiger partial charge in [0.05, 0.1) is 4.90 Å². The molecule has 0 unspecified atom stereocenters. The zero-order valence-electron chi connectivity index (χ0n) is 23.9. The molecule has 1 fully saturated rings. The van der Waals surface area contributed by atoms with Crippen LogP contribution in [0.4, 0.5) is 5.69 Å². The van der Waals surface area contributed by atoms with Crippen LogP contribution in [0.1, 0.15) is 90.4 Å². The summed E-state index contributed by atoms with van der Waals surface area (Å²) in [6.45, 7) is 9.72. The highest BCUT2D eigenvalue weighted by atomic mass is 32.2. The molecule has 0 bridgehead atoms. The highest BCUT2D eigenvalue weighted by Crippen LogP contribution is 2.33. The molecule has 214 valence electrons. The van der Waals surface area contributed by atoms with Gasteiger partial charge in [-0.25, -0.2) is 19.7 Å². The van der Waals surface area contributed by atoms with Gasteiger partial charge in [0.25, 0.3) is 0 Å². The zero-order valence-corrected chi connectivity index (χ0v) is 24.7. The summed E-state index contributed by atoms with van der Waals surface area (Å²) in [6, 6.07) is 11.2. The van der Waals surface area contributed by atoms with E-state index in [0.29, 0.717) is 17.9 Å². The fraction of sp³-hybridized carbons (Fsp3) is 0.613. The lowest BCUT2D eigenvalue weighted by Gasteiger charge is -2.28. The van der Waals surface area contributed by atoms with E-state index in [2.05, 4.69) is 9.57 Å². The van der Waals surface area contributed by atoms with Crippen molar-refractivity contribution in [2.24, 2.45) is 0 Å². The summed E-state index contributed by atoms with van der Waals surface area (Å²) in [4.78, 5) is 18.1. The molecule has 0 radical (unpaired) electrons. The Morgan fingerprint density at radius 1 is 0.974 bits per heavy atom. The lowest BCUT2D eigenvalue weighted by molar-refractivity contribution is -0.151. The number of unbranched alkanes of at least 4 members (excludes halogenated alkanes) is 7. The van der Waals surface area contributed by atoms with Crippen LogP contribution >= 0.6 is 0 Å². The van der Waals surface area contributed by atoms with Crippen LogP contribution in [-0.2, 0) is 19.6 Å². The lowest BCUT2D eigenvalue weighted by atomic mass is 9.82. The van der Waals surface area contributed by atoms with E-state index in [1.54, 1.807) is 12.1 Å². The largest absolute Gasteiger partial charge is 0.462 e. The Morgan fingerprint density at radius 2 is 1.56 bits per heavy atom. The van der Waals surface area contributed by atoms with E-state index in [-0.39, 0.29) is 17.6 Å². The van der Waals surface area contributed by atoms with E-state index < -0.39 is 10.0 Å². The first-order valence-electron chi connectivity index (χ1n) is 14.4. The summed E-state index contributed by atoms with van der Waals surface area (Å²) >= 11 is 0. The third-order valence-electron chi connectivity index (χ3n) is 7.81. The van der Waals surface area contributed by atoms with Gasteiger partial charge in [-0.1, -0.05) is 62.8 Å². The molecule has 1 aliphatic carbocycles. The zero-order chi connectivity index (χ0) is 28.3. The van der Waals surface area contributed by atoms with Gasteiger partial charge >= 0.3 is 5.97 Å². The van der Waals surface area contributed by atoms with E-state index in [1.807, 2.05) is 50.2 Å². The molecule has 0 heterocycles. The highest BCUT2D eigenvalue weighted by Gasteiger charge is 2.37. The Balaban J connectivity index is 1.24. The second-order valence-electron chi connectivity index (χ2n) is 11.3. The molecule has 3 rings (SSSR count). The number of hydrogen-bond donors (Lipinski definition) is 1.